The van der Waals surface area contributed by atoms with E-state index in [4.69, 9.17) is 15.0 Å². The minimum atomic E-state index is 0.826. The molecule has 4 nitrogen and oxygen atoms in total. The summed E-state index contributed by atoms with van der Waals surface area (Å²) in [5.41, 5.74) is 2.20. The Morgan fingerprint density at radius 2 is 2.18 bits per heavy atom. The molecule has 58 valence electrons. The van der Waals surface area contributed by atoms with Crippen LogP contribution < -0.4 is 9.95 Å². The molecule has 0 aliphatic carbocycles. The number of fused-ring (bicyclic) bond motifs is 1. The van der Waals surface area contributed by atoms with E-state index in [0.29, 0.717) is 0 Å². The third kappa shape index (κ3) is 0.704. The second kappa shape index (κ2) is 2.11. The van der Waals surface area contributed by atoms with E-state index in [-0.39, 0.29) is 0 Å². The minimum absolute atomic E-state index is 0.826. The zero-order valence-electron chi connectivity index (χ0n) is 5.94. The molecule has 3 rings (SSSR count). The monoisotopic (exact) mass is 153 g/mol. The van der Waals surface area contributed by atoms with Crippen molar-refractivity contribution < 1.29 is 15.0 Å². The molecule has 0 radical (unpaired) electrons. The Labute approximate surface area is 63.5 Å². The molecule has 2 heterocycles. The molecule has 0 atom stereocenters. The summed E-state index contributed by atoms with van der Waals surface area (Å²) in [5, 5.41) is 8.66. The van der Waals surface area contributed by atoms with Crippen LogP contribution in [0.1, 0.15) is 0 Å². The third-order valence-electron chi connectivity index (χ3n) is 1.55. The SMILES string of the molecule is CO.c1cc2c3c(c1)N3OO2. The molecule has 4 heteroatoms. The molecule has 2 aliphatic rings. The number of benzene rings is 1. The molecular weight excluding hydrogens is 146 g/mol. The number of nitrogens with zero attached hydrogens (tertiary/aromatic N) is 1. The van der Waals surface area contributed by atoms with Crippen LogP contribution in [0.4, 0.5) is 11.4 Å². The van der Waals surface area contributed by atoms with E-state index in [2.05, 4.69) is 0 Å². The van der Waals surface area contributed by atoms with E-state index in [0.717, 1.165) is 24.2 Å². The fourth-order valence-corrected chi connectivity index (χ4v) is 1.06. The van der Waals surface area contributed by atoms with Crippen molar-refractivity contribution in [1.29, 1.82) is 0 Å². The van der Waals surface area contributed by atoms with Crippen LogP contribution in [0.5, 0.6) is 5.75 Å². The second-order valence-corrected chi connectivity index (χ2v) is 2.08. The van der Waals surface area contributed by atoms with Gasteiger partial charge in [0.2, 0.25) is 0 Å². The van der Waals surface area contributed by atoms with Crippen LogP contribution in [0.25, 0.3) is 0 Å². The lowest BCUT2D eigenvalue weighted by Gasteiger charge is -1.95. The zero-order valence-corrected chi connectivity index (χ0v) is 5.94. The first-order valence-corrected chi connectivity index (χ1v) is 3.19. The molecule has 0 saturated carbocycles. The molecule has 0 spiro atoms. The van der Waals surface area contributed by atoms with Gasteiger partial charge in [0, 0.05) is 7.11 Å². The molecule has 0 bridgehead atoms. The Hall–Kier alpha value is -1.26. The Kier molecular flexibility index (Phi) is 1.24. The highest BCUT2D eigenvalue weighted by molar-refractivity contribution is 5.96. The lowest BCUT2D eigenvalue weighted by molar-refractivity contribution is -0.184. The number of aliphatic hydroxyl groups is 1. The van der Waals surface area contributed by atoms with E-state index >= 15 is 0 Å². The van der Waals surface area contributed by atoms with Crippen molar-refractivity contribution in [3.05, 3.63) is 18.2 Å². The van der Waals surface area contributed by atoms with Crippen LogP contribution in [0, 0.1) is 0 Å². The molecule has 11 heavy (non-hydrogen) atoms. The van der Waals surface area contributed by atoms with Crippen LogP contribution in [-0.2, 0) is 4.99 Å². The average molecular weight is 153 g/mol. The highest BCUT2D eigenvalue weighted by Crippen LogP contribution is 2.58. The van der Waals surface area contributed by atoms with Crippen LogP contribution in [0.15, 0.2) is 18.2 Å². The Bertz CT molecular complexity index is 287. The zero-order chi connectivity index (χ0) is 7.84. The third-order valence-corrected chi connectivity index (χ3v) is 1.55. The lowest BCUT2D eigenvalue weighted by atomic mass is 10.3. The Morgan fingerprint density at radius 3 is 2.82 bits per heavy atom. The first-order chi connectivity index (χ1) is 5.47. The van der Waals surface area contributed by atoms with Gasteiger partial charge in [-0.15, -0.1) is 0 Å². The van der Waals surface area contributed by atoms with Gasteiger partial charge in [0.1, 0.15) is 11.4 Å². The summed E-state index contributed by atoms with van der Waals surface area (Å²) in [6.45, 7) is 0. The van der Waals surface area contributed by atoms with Gasteiger partial charge in [-0.3, -0.25) is 0 Å². The summed E-state index contributed by atoms with van der Waals surface area (Å²) in [4.78, 5) is 9.50. The predicted octanol–water partition coefficient (Wildman–Crippen LogP) is 0.986. The molecule has 2 aliphatic heterocycles. The van der Waals surface area contributed by atoms with Crippen LogP contribution in [0.3, 0.4) is 0 Å². The van der Waals surface area contributed by atoms with Crippen molar-refractivity contribution in [2.24, 2.45) is 0 Å². The second-order valence-electron chi connectivity index (χ2n) is 2.08. The van der Waals surface area contributed by atoms with E-state index in [1.54, 1.807) is 5.06 Å². The number of anilines is 2. The molecule has 0 unspecified atom stereocenters. The van der Waals surface area contributed by atoms with Crippen LogP contribution in [-0.4, -0.2) is 12.2 Å². The first-order valence-electron chi connectivity index (χ1n) is 3.19. The van der Waals surface area contributed by atoms with Gasteiger partial charge in [-0.25, -0.2) is 0 Å². The van der Waals surface area contributed by atoms with E-state index in [9.17, 15) is 0 Å². The molecule has 1 N–H and O–H groups in total. The number of para-hydroxylation sites is 1. The Balaban J connectivity index is 0.000000224. The fraction of sp³-hybridized carbons (Fsp3) is 0.143. The van der Waals surface area contributed by atoms with E-state index < -0.39 is 0 Å². The summed E-state index contributed by atoms with van der Waals surface area (Å²) in [6.07, 6.45) is 0. The van der Waals surface area contributed by atoms with Gasteiger partial charge < -0.3 is 9.99 Å². The van der Waals surface area contributed by atoms with Crippen molar-refractivity contribution in [3.8, 4) is 5.75 Å². The van der Waals surface area contributed by atoms with Crippen molar-refractivity contribution >= 4 is 11.4 Å². The summed E-state index contributed by atoms with van der Waals surface area (Å²) in [7, 11) is 1.00. The number of rotatable bonds is 0. The minimum Gasteiger partial charge on any atom is -0.400 e. The molecule has 0 amide bonds. The van der Waals surface area contributed by atoms with Crippen molar-refractivity contribution in [3.63, 3.8) is 0 Å². The maximum absolute atomic E-state index is 7.00. The van der Waals surface area contributed by atoms with Gasteiger partial charge >= 0.3 is 0 Å². The molecule has 1 aromatic carbocycles. The van der Waals surface area contributed by atoms with Gasteiger partial charge in [-0.05, 0) is 12.1 Å². The molecule has 0 aromatic heterocycles. The topological polar surface area (TPSA) is 41.7 Å². The average Bonchev–Trinajstić information content (AvgIpc) is 2.58. The predicted molar refractivity (Wildman–Crippen MR) is 38.4 cm³/mol. The molecule has 0 saturated heterocycles. The highest BCUT2D eigenvalue weighted by atomic mass is 17.3. The summed E-state index contributed by atoms with van der Waals surface area (Å²) >= 11 is 0. The normalized spacial score (nSPS) is 14.5. The fourth-order valence-electron chi connectivity index (χ4n) is 1.06. The molecule has 1 aromatic rings. The first kappa shape index (κ1) is 6.45. The van der Waals surface area contributed by atoms with Crippen molar-refractivity contribution in [2.75, 3.05) is 12.2 Å². The van der Waals surface area contributed by atoms with Crippen LogP contribution in [0.2, 0.25) is 0 Å². The number of hydrogen-bond donors (Lipinski definition) is 1. The highest BCUT2D eigenvalue weighted by Gasteiger charge is 2.42. The van der Waals surface area contributed by atoms with Gasteiger partial charge in [-0.1, -0.05) is 11.1 Å². The van der Waals surface area contributed by atoms with Crippen LogP contribution >= 0.6 is 0 Å². The number of aliphatic hydroxyl groups excluding tert-OH is 1. The van der Waals surface area contributed by atoms with Gasteiger partial charge in [0.25, 0.3) is 0 Å². The van der Waals surface area contributed by atoms with Gasteiger partial charge in [0.05, 0.1) is 0 Å². The smallest absolute Gasteiger partial charge is 0.196 e. The maximum atomic E-state index is 7.00. The summed E-state index contributed by atoms with van der Waals surface area (Å²) in [6, 6.07) is 5.81. The van der Waals surface area contributed by atoms with Crippen molar-refractivity contribution in [1.82, 2.24) is 0 Å². The maximum Gasteiger partial charge on any atom is 0.196 e. The van der Waals surface area contributed by atoms with E-state index in [1.165, 1.54) is 0 Å². The number of hydrogen-bond acceptors (Lipinski definition) is 4. The largest absolute Gasteiger partial charge is 0.400 e. The quantitative estimate of drug-likeness (QED) is 0.445. The molecule has 0 fully saturated rings. The Morgan fingerprint density at radius 1 is 1.36 bits per heavy atom. The van der Waals surface area contributed by atoms with Gasteiger partial charge in [0.15, 0.2) is 5.75 Å². The molecular formula is C7H7NO3. The van der Waals surface area contributed by atoms with Gasteiger partial charge in [-0.2, -0.15) is 5.06 Å². The summed E-state index contributed by atoms with van der Waals surface area (Å²) < 4.78 is 0. The van der Waals surface area contributed by atoms with Crippen molar-refractivity contribution in [2.45, 2.75) is 0 Å². The summed E-state index contributed by atoms with van der Waals surface area (Å²) in [5.74, 6) is 0.826. The lowest BCUT2D eigenvalue weighted by Crippen LogP contribution is -1.98. The standard InChI is InChI=1S/C6H3NO2.CH4O/c1-2-4-6-5(3-1)8-9-7(4)6;1-2/h1-3H;2H,1H3. The van der Waals surface area contributed by atoms with E-state index in [1.807, 2.05) is 18.2 Å².